The van der Waals surface area contributed by atoms with Gasteiger partial charge in [-0.25, -0.2) is 0 Å². The number of fused-ring (bicyclic) bond motifs is 3. The van der Waals surface area contributed by atoms with Gasteiger partial charge in [-0.2, -0.15) is 0 Å². The molecule has 3 saturated heterocycles. The highest BCUT2D eigenvalue weighted by Gasteiger charge is 2.72. The molecule has 3 aliphatic heterocycles. The average molecular weight is 459 g/mol. The van der Waals surface area contributed by atoms with E-state index in [2.05, 4.69) is 36.1 Å². The fourth-order valence-electron chi connectivity index (χ4n) is 5.98. The standard InChI is InChI=1S/C25H34N2O4S/c1-4-5-6-9-16-32-18-12-10-17(11-13-18)21-19-20(23(29)26(2)22(19)28)25(24(30)31-3)14-7-8-15-27(21)25/h10-13,19-21H,4-9,14-16H2,1-3H3/t19-,20-,21+,25-/m0/s1. The molecule has 1 aromatic rings. The Labute approximate surface area is 195 Å². The SMILES string of the molecule is CCCCCCSc1ccc([C@@H]2[C@H]3C(=O)N(C)C(=O)[C@H]3[C@]3(C(=O)OC)CCCCN23)cc1. The number of ether oxygens (including phenoxy) is 1. The molecule has 6 nitrogen and oxygen atoms in total. The van der Waals surface area contributed by atoms with Crippen molar-refractivity contribution in [3.05, 3.63) is 29.8 Å². The number of unbranched alkanes of at least 4 members (excludes halogenated alkanes) is 3. The van der Waals surface area contributed by atoms with Crippen LogP contribution in [-0.2, 0) is 19.1 Å². The molecule has 4 rings (SSSR count). The van der Waals surface area contributed by atoms with Crippen LogP contribution in [0.5, 0.6) is 0 Å². The van der Waals surface area contributed by atoms with E-state index in [1.807, 2.05) is 11.8 Å². The first-order valence-corrected chi connectivity index (χ1v) is 12.8. The van der Waals surface area contributed by atoms with Gasteiger partial charge in [-0.1, -0.05) is 38.3 Å². The van der Waals surface area contributed by atoms with Crippen molar-refractivity contribution in [3.63, 3.8) is 0 Å². The molecule has 0 aliphatic carbocycles. The van der Waals surface area contributed by atoms with E-state index in [1.165, 1.54) is 49.6 Å². The molecule has 3 aliphatic rings. The Morgan fingerprint density at radius 1 is 1.12 bits per heavy atom. The molecule has 1 aromatic carbocycles. The Morgan fingerprint density at radius 2 is 1.88 bits per heavy atom. The molecule has 3 fully saturated rings. The summed E-state index contributed by atoms with van der Waals surface area (Å²) in [4.78, 5) is 44.1. The lowest BCUT2D eigenvalue weighted by Crippen LogP contribution is -2.59. The zero-order valence-corrected chi connectivity index (χ0v) is 20.2. The van der Waals surface area contributed by atoms with Gasteiger partial charge in [0.2, 0.25) is 11.8 Å². The predicted molar refractivity (Wildman–Crippen MR) is 124 cm³/mol. The monoisotopic (exact) mass is 458 g/mol. The van der Waals surface area contributed by atoms with Gasteiger partial charge in [0.05, 0.1) is 18.9 Å². The third-order valence-corrected chi connectivity index (χ3v) is 8.61. The highest BCUT2D eigenvalue weighted by atomic mass is 32.2. The van der Waals surface area contributed by atoms with Gasteiger partial charge in [0.1, 0.15) is 5.54 Å². The van der Waals surface area contributed by atoms with E-state index in [4.69, 9.17) is 4.74 Å². The van der Waals surface area contributed by atoms with Crippen LogP contribution in [0.15, 0.2) is 29.2 Å². The first kappa shape index (κ1) is 23.3. The minimum atomic E-state index is -1.05. The Morgan fingerprint density at radius 3 is 2.56 bits per heavy atom. The Bertz CT molecular complexity index is 873. The van der Waals surface area contributed by atoms with Crippen LogP contribution in [0.1, 0.15) is 63.5 Å². The van der Waals surface area contributed by atoms with Crippen molar-refractivity contribution >= 4 is 29.5 Å². The highest BCUT2D eigenvalue weighted by molar-refractivity contribution is 7.99. The molecule has 174 valence electrons. The third-order valence-electron chi connectivity index (χ3n) is 7.51. The second-order valence-corrected chi connectivity index (χ2v) is 10.4. The van der Waals surface area contributed by atoms with Crippen molar-refractivity contribution in [2.24, 2.45) is 11.8 Å². The number of nitrogens with zero attached hydrogens (tertiary/aromatic N) is 2. The van der Waals surface area contributed by atoms with E-state index in [0.29, 0.717) is 13.0 Å². The van der Waals surface area contributed by atoms with Crippen molar-refractivity contribution in [1.29, 1.82) is 0 Å². The molecule has 4 atom stereocenters. The molecule has 32 heavy (non-hydrogen) atoms. The van der Waals surface area contributed by atoms with Crippen LogP contribution in [0.3, 0.4) is 0 Å². The summed E-state index contributed by atoms with van der Waals surface area (Å²) >= 11 is 1.86. The van der Waals surface area contributed by atoms with Crippen molar-refractivity contribution < 1.29 is 19.1 Å². The summed E-state index contributed by atoms with van der Waals surface area (Å²) < 4.78 is 5.23. The van der Waals surface area contributed by atoms with E-state index in [9.17, 15) is 14.4 Å². The van der Waals surface area contributed by atoms with E-state index >= 15 is 0 Å². The minimum Gasteiger partial charge on any atom is -0.468 e. The van der Waals surface area contributed by atoms with Crippen LogP contribution >= 0.6 is 11.8 Å². The fraction of sp³-hybridized carbons (Fsp3) is 0.640. The summed E-state index contributed by atoms with van der Waals surface area (Å²) in [5.74, 6) is -0.938. The van der Waals surface area contributed by atoms with Gasteiger partial charge >= 0.3 is 5.97 Å². The van der Waals surface area contributed by atoms with E-state index in [1.54, 1.807) is 0 Å². The van der Waals surface area contributed by atoms with Gasteiger partial charge in [0.25, 0.3) is 0 Å². The fourth-order valence-corrected chi connectivity index (χ4v) is 6.89. The van der Waals surface area contributed by atoms with Gasteiger partial charge in [-0.3, -0.25) is 24.2 Å². The number of hydrogen-bond acceptors (Lipinski definition) is 6. The number of carbonyl (C=O) groups excluding carboxylic acids is 3. The van der Waals surface area contributed by atoms with Crippen LogP contribution in [0, 0.1) is 11.8 Å². The second kappa shape index (κ2) is 9.56. The quantitative estimate of drug-likeness (QED) is 0.253. The number of imide groups is 1. The number of methoxy groups -OCH3 is 1. The van der Waals surface area contributed by atoms with Gasteiger partial charge in [-0.15, -0.1) is 11.8 Å². The van der Waals surface area contributed by atoms with Crippen LogP contribution in [0.25, 0.3) is 0 Å². The predicted octanol–water partition coefficient (Wildman–Crippen LogP) is 4.04. The number of benzene rings is 1. The highest BCUT2D eigenvalue weighted by Crippen LogP contribution is 2.58. The van der Waals surface area contributed by atoms with Crippen LogP contribution < -0.4 is 0 Å². The summed E-state index contributed by atoms with van der Waals surface area (Å²) in [5.41, 5.74) is -0.0496. The molecule has 0 N–H and O–H groups in total. The molecular formula is C25H34N2O4S. The normalized spacial score (nSPS) is 29.8. The topological polar surface area (TPSA) is 66.9 Å². The Balaban J connectivity index is 1.64. The number of hydrogen-bond donors (Lipinski definition) is 0. The number of thioether (sulfide) groups is 1. The van der Waals surface area contributed by atoms with Gasteiger partial charge < -0.3 is 4.74 Å². The number of carbonyl (C=O) groups is 3. The van der Waals surface area contributed by atoms with Crippen molar-refractivity contribution in [1.82, 2.24) is 9.80 Å². The number of rotatable bonds is 8. The molecule has 2 amide bonds. The molecule has 0 spiro atoms. The maximum absolute atomic E-state index is 13.2. The summed E-state index contributed by atoms with van der Waals surface area (Å²) in [7, 11) is 2.92. The molecule has 0 bridgehead atoms. The maximum atomic E-state index is 13.2. The average Bonchev–Trinajstić information content (AvgIpc) is 3.25. The first-order chi connectivity index (χ1) is 15.5. The molecule has 0 unspecified atom stereocenters. The van der Waals surface area contributed by atoms with E-state index in [-0.39, 0.29) is 23.8 Å². The molecular weight excluding hydrogens is 424 g/mol. The first-order valence-electron chi connectivity index (χ1n) is 11.9. The lowest BCUT2D eigenvalue weighted by atomic mass is 9.75. The summed E-state index contributed by atoms with van der Waals surface area (Å²) in [5, 5.41) is 0. The second-order valence-electron chi connectivity index (χ2n) is 9.23. The summed E-state index contributed by atoms with van der Waals surface area (Å²) in [6.45, 7) is 2.90. The number of piperidine rings is 1. The number of amides is 2. The lowest BCUT2D eigenvalue weighted by molar-refractivity contribution is -0.163. The van der Waals surface area contributed by atoms with Gasteiger partial charge in [-0.05, 0) is 55.7 Å². The zero-order chi connectivity index (χ0) is 22.9. The van der Waals surface area contributed by atoms with Gasteiger partial charge in [0.15, 0.2) is 0 Å². The van der Waals surface area contributed by atoms with Crippen molar-refractivity contribution in [2.75, 3.05) is 26.5 Å². The lowest BCUT2D eigenvalue weighted by Gasteiger charge is -2.44. The molecule has 0 aromatic heterocycles. The van der Waals surface area contributed by atoms with Crippen molar-refractivity contribution in [3.8, 4) is 0 Å². The number of likely N-dealkylation sites (tertiary alicyclic amines) is 1. The van der Waals surface area contributed by atoms with Crippen LogP contribution in [-0.4, -0.2) is 59.6 Å². The Hall–Kier alpha value is -1.86. The van der Waals surface area contributed by atoms with Crippen molar-refractivity contribution in [2.45, 2.75) is 68.3 Å². The number of esters is 1. The van der Waals surface area contributed by atoms with E-state index < -0.39 is 17.4 Å². The van der Waals surface area contributed by atoms with Gasteiger partial charge in [0, 0.05) is 18.0 Å². The summed E-state index contributed by atoms with van der Waals surface area (Å²) in [6.07, 6.45) is 7.34. The molecule has 0 radical (unpaired) electrons. The zero-order valence-electron chi connectivity index (χ0n) is 19.3. The molecule has 0 saturated carbocycles. The molecule has 7 heteroatoms. The maximum Gasteiger partial charge on any atom is 0.327 e. The van der Waals surface area contributed by atoms with E-state index in [0.717, 1.165) is 24.2 Å². The van der Waals surface area contributed by atoms with Crippen LogP contribution in [0.2, 0.25) is 0 Å². The smallest absolute Gasteiger partial charge is 0.327 e. The minimum absolute atomic E-state index is 0.183. The van der Waals surface area contributed by atoms with Crippen LogP contribution in [0.4, 0.5) is 0 Å². The Kier molecular flexibility index (Phi) is 6.96. The largest absolute Gasteiger partial charge is 0.468 e. The third kappa shape index (κ3) is 3.67. The molecule has 3 heterocycles. The summed E-state index contributed by atoms with van der Waals surface area (Å²) in [6, 6.07) is 8.09.